The fourth-order valence-electron chi connectivity index (χ4n) is 2.23. The normalized spacial score (nSPS) is 21.4. The molecule has 1 atom stereocenters. The maximum absolute atomic E-state index is 11.4. The zero-order chi connectivity index (χ0) is 14.0. The first-order valence-corrected chi connectivity index (χ1v) is 6.33. The van der Waals surface area contributed by atoms with E-state index >= 15 is 0 Å². The monoisotopic (exact) mass is 265 g/mol. The van der Waals surface area contributed by atoms with E-state index in [9.17, 15) is 9.90 Å². The Hall–Kier alpha value is -1.91. The lowest BCUT2D eigenvalue weighted by atomic mass is 9.80. The smallest absolute Gasteiger partial charge is 0.407 e. The van der Waals surface area contributed by atoms with Crippen molar-refractivity contribution in [2.24, 2.45) is 5.41 Å². The molecule has 0 spiro atoms. The van der Waals surface area contributed by atoms with Gasteiger partial charge in [-0.3, -0.25) is 0 Å². The molecule has 0 radical (unpaired) electrons. The van der Waals surface area contributed by atoms with Gasteiger partial charge in [-0.1, -0.05) is 26.0 Å². The lowest BCUT2D eigenvalue weighted by Gasteiger charge is -2.38. The second-order valence-corrected chi connectivity index (χ2v) is 5.27. The zero-order valence-electron chi connectivity index (χ0n) is 11.4. The highest BCUT2D eigenvalue weighted by Crippen LogP contribution is 2.42. The van der Waals surface area contributed by atoms with Crippen molar-refractivity contribution < 1.29 is 19.4 Å². The predicted molar refractivity (Wildman–Crippen MR) is 70.3 cm³/mol. The van der Waals surface area contributed by atoms with Crippen molar-refractivity contribution in [2.75, 3.05) is 13.2 Å². The van der Waals surface area contributed by atoms with Crippen molar-refractivity contribution in [3.8, 4) is 11.5 Å². The summed E-state index contributed by atoms with van der Waals surface area (Å²) in [5.41, 5.74) is 0.337. The van der Waals surface area contributed by atoms with Crippen LogP contribution in [0.15, 0.2) is 18.2 Å². The molecule has 0 unspecified atom stereocenters. The summed E-state index contributed by atoms with van der Waals surface area (Å²) in [6.45, 7) is 6.59. The van der Waals surface area contributed by atoms with Gasteiger partial charge in [0.2, 0.25) is 0 Å². The van der Waals surface area contributed by atoms with Crippen LogP contribution in [0.2, 0.25) is 0 Å². The fraction of sp³-hybridized carbons (Fsp3) is 0.500. The molecule has 0 aromatic heterocycles. The second kappa shape index (κ2) is 4.99. The van der Waals surface area contributed by atoms with Crippen LogP contribution in [0, 0.1) is 5.41 Å². The highest BCUT2D eigenvalue weighted by atomic mass is 16.6. The van der Waals surface area contributed by atoms with Gasteiger partial charge in [-0.2, -0.15) is 0 Å². The molecule has 1 saturated heterocycles. The second-order valence-electron chi connectivity index (χ2n) is 5.27. The third kappa shape index (κ3) is 2.59. The van der Waals surface area contributed by atoms with Crippen molar-refractivity contribution >= 4 is 6.09 Å². The summed E-state index contributed by atoms with van der Waals surface area (Å²) in [6.07, 6.45) is -0.467. The molecule has 104 valence electrons. The van der Waals surface area contributed by atoms with E-state index in [4.69, 9.17) is 9.47 Å². The number of phenols is 1. The minimum absolute atomic E-state index is 0.0737. The van der Waals surface area contributed by atoms with Gasteiger partial charge in [0.05, 0.1) is 12.6 Å². The van der Waals surface area contributed by atoms with Gasteiger partial charge >= 0.3 is 6.09 Å². The molecule has 1 aromatic carbocycles. The van der Waals surface area contributed by atoms with Crippen LogP contribution < -0.4 is 10.1 Å². The highest BCUT2D eigenvalue weighted by molar-refractivity contribution is 5.69. The molecule has 1 fully saturated rings. The third-order valence-electron chi connectivity index (χ3n) is 3.26. The molecular formula is C14H19NO4. The number of nitrogens with one attached hydrogen (secondary N) is 1. The number of cyclic esters (lactones) is 1. The van der Waals surface area contributed by atoms with Crippen molar-refractivity contribution in [3.05, 3.63) is 23.8 Å². The summed E-state index contributed by atoms with van der Waals surface area (Å²) < 4.78 is 10.4. The van der Waals surface area contributed by atoms with Gasteiger partial charge in [0.15, 0.2) is 11.5 Å². The Balaban J connectivity index is 2.39. The van der Waals surface area contributed by atoms with Crippen molar-refractivity contribution in [1.82, 2.24) is 5.32 Å². The van der Waals surface area contributed by atoms with Gasteiger partial charge in [-0.15, -0.1) is 0 Å². The van der Waals surface area contributed by atoms with Gasteiger partial charge in [0.25, 0.3) is 0 Å². The maximum atomic E-state index is 11.4. The Kier molecular flexibility index (Phi) is 3.55. The number of alkyl carbamates (subject to hydrolysis) is 1. The van der Waals surface area contributed by atoms with Gasteiger partial charge in [-0.25, -0.2) is 4.79 Å². The first kappa shape index (κ1) is 13.5. The Morgan fingerprint density at radius 1 is 1.53 bits per heavy atom. The molecule has 1 aliphatic heterocycles. The molecular weight excluding hydrogens is 246 g/mol. The van der Waals surface area contributed by atoms with Crippen LogP contribution in [0.4, 0.5) is 4.79 Å². The first-order chi connectivity index (χ1) is 8.95. The van der Waals surface area contributed by atoms with Crippen LogP contribution >= 0.6 is 0 Å². The zero-order valence-corrected chi connectivity index (χ0v) is 11.4. The number of aromatic hydroxyl groups is 1. The van der Waals surface area contributed by atoms with Crippen molar-refractivity contribution in [3.63, 3.8) is 0 Å². The largest absolute Gasteiger partial charge is 0.504 e. The summed E-state index contributed by atoms with van der Waals surface area (Å²) in [4.78, 5) is 11.4. The molecule has 1 heterocycles. The van der Waals surface area contributed by atoms with Crippen molar-refractivity contribution in [1.29, 1.82) is 0 Å². The van der Waals surface area contributed by atoms with Gasteiger partial charge in [-0.05, 0) is 13.0 Å². The standard InChI is InChI=1S/C14H19NO4/c1-4-18-10-7-5-6-9(11(10)16)12-14(2,3)8-19-13(17)15-12/h5-7,12,16H,4,8H2,1-3H3,(H,15,17)/t12-/m1/s1. The average Bonchev–Trinajstić information content (AvgIpc) is 2.36. The van der Waals surface area contributed by atoms with Crippen LogP contribution in [-0.4, -0.2) is 24.4 Å². The summed E-state index contributed by atoms with van der Waals surface area (Å²) in [5.74, 6) is 0.501. The van der Waals surface area contributed by atoms with Gasteiger partial charge in [0, 0.05) is 11.0 Å². The number of amides is 1. The van der Waals surface area contributed by atoms with E-state index < -0.39 is 6.09 Å². The number of carbonyl (C=O) groups is 1. The summed E-state index contributed by atoms with van der Waals surface area (Å²) in [7, 11) is 0. The SMILES string of the molecule is CCOc1cccc([C@H]2NC(=O)OCC2(C)C)c1O. The lowest BCUT2D eigenvalue weighted by molar-refractivity contribution is 0.0380. The van der Waals surface area contributed by atoms with Crippen molar-refractivity contribution in [2.45, 2.75) is 26.8 Å². The number of carbonyl (C=O) groups excluding carboxylic acids is 1. The number of hydrogen-bond acceptors (Lipinski definition) is 4. The summed E-state index contributed by atoms with van der Waals surface area (Å²) >= 11 is 0. The van der Waals surface area contributed by atoms with E-state index in [0.717, 1.165) is 0 Å². The van der Waals surface area contributed by atoms with E-state index in [-0.39, 0.29) is 17.2 Å². The summed E-state index contributed by atoms with van der Waals surface area (Å²) in [6, 6.07) is 4.98. The molecule has 1 aliphatic rings. The third-order valence-corrected chi connectivity index (χ3v) is 3.26. The lowest BCUT2D eigenvalue weighted by Crippen LogP contribution is -2.46. The molecule has 2 N–H and O–H groups in total. The molecule has 5 heteroatoms. The number of benzene rings is 1. The first-order valence-electron chi connectivity index (χ1n) is 6.33. The van der Waals surface area contributed by atoms with Crippen LogP contribution in [0.5, 0.6) is 11.5 Å². The Bertz CT molecular complexity index is 484. The van der Waals surface area contributed by atoms with E-state index in [0.29, 0.717) is 24.5 Å². The molecule has 0 bridgehead atoms. The molecule has 1 aromatic rings. The molecule has 19 heavy (non-hydrogen) atoms. The van der Waals surface area contributed by atoms with Crippen LogP contribution in [0.3, 0.4) is 0 Å². The van der Waals surface area contributed by atoms with Gasteiger partial charge < -0.3 is 19.9 Å². The van der Waals surface area contributed by atoms with E-state index in [1.807, 2.05) is 20.8 Å². The average molecular weight is 265 g/mol. The number of hydrogen-bond donors (Lipinski definition) is 2. The topological polar surface area (TPSA) is 67.8 Å². The predicted octanol–water partition coefficient (Wildman–Crippen LogP) is 2.60. The highest BCUT2D eigenvalue weighted by Gasteiger charge is 2.39. The Labute approximate surface area is 112 Å². The molecule has 1 amide bonds. The number of ether oxygens (including phenoxy) is 2. The molecule has 2 rings (SSSR count). The molecule has 5 nitrogen and oxygen atoms in total. The van der Waals surface area contributed by atoms with Crippen LogP contribution in [0.1, 0.15) is 32.4 Å². The maximum Gasteiger partial charge on any atom is 0.407 e. The van der Waals surface area contributed by atoms with E-state index in [2.05, 4.69) is 5.32 Å². The minimum atomic E-state index is -0.467. The summed E-state index contributed by atoms with van der Waals surface area (Å²) in [5, 5.41) is 13.0. The van der Waals surface area contributed by atoms with E-state index in [1.165, 1.54) is 0 Å². The van der Waals surface area contributed by atoms with Gasteiger partial charge in [0.1, 0.15) is 6.61 Å². The van der Waals surface area contributed by atoms with E-state index in [1.54, 1.807) is 18.2 Å². The molecule has 0 saturated carbocycles. The van der Waals surface area contributed by atoms with Crippen LogP contribution in [0.25, 0.3) is 0 Å². The number of rotatable bonds is 3. The quantitative estimate of drug-likeness (QED) is 0.881. The Morgan fingerprint density at radius 3 is 2.95 bits per heavy atom. The number of phenolic OH excluding ortho intramolecular Hbond substituents is 1. The Morgan fingerprint density at radius 2 is 2.26 bits per heavy atom. The molecule has 0 aliphatic carbocycles. The van der Waals surface area contributed by atoms with Crippen LogP contribution in [-0.2, 0) is 4.74 Å². The number of para-hydroxylation sites is 1. The fourth-order valence-corrected chi connectivity index (χ4v) is 2.23. The minimum Gasteiger partial charge on any atom is -0.504 e.